The fraction of sp³-hybridized carbons (Fsp3) is 0.200. The zero-order valence-corrected chi connectivity index (χ0v) is 15.5. The molecular formula is C20H21N5O3. The van der Waals surface area contributed by atoms with Gasteiger partial charge in [0.25, 0.3) is 11.8 Å². The maximum Gasteiger partial charge on any atom is 0.255 e. The van der Waals surface area contributed by atoms with Gasteiger partial charge in [0, 0.05) is 16.9 Å². The topological polar surface area (TPSA) is 126 Å². The van der Waals surface area contributed by atoms with Gasteiger partial charge in [-0.1, -0.05) is 17.7 Å². The quantitative estimate of drug-likeness (QED) is 0.627. The van der Waals surface area contributed by atoms with Crippen molar-refractivity contribution >= 4 is 35.4 Å². The first-order chi connectivity index (χ1) is 13.3. The lowest BCUT2D eigenvalue weighted by molar-refractivity contribution is -0.128. The van der Waals surface area contributed by atoms with E-state index in [9.17, 15) is 14.4 Å². The number of hydrogen-bond acceptors (Lipinski definition) is 5. The lowest BCUT2D eigenvalue weighted by Gasteiger charge is -2.26. The van der Waals surface area contributed by atoms with Gasteiger partial charge in [-0.3, -0.25) is 19.4 Å². The van der Waals surface area contributed by atoms with Crippen LogP contribution in [0.25, 0.3) is 0 Å². The summed E-state index contributed by atoms with van der Waals surface area (Å²) in [7, 11) is 0. The van der Waals surface area contributed by atoms with E-state index in [2.05, 4.69) is 20.9 Å². The van der Waals surface area contributed by atoms with Gasteiger partial charge in [-0.05, 0) is 50.2 Å². The van der Waals surface area contributed by atoms with Crippen molar-refractivity contribution in [1.82, 2.24) is 5.32 Å². The number of carbonyl (C=O) groups is 3. The zero-order chi connectivity index (χ0) is 20.3. The van der Waals surface area contributed by atoms with Crippen molar-refractivity contribution in [3.63, 3.8) is 0 Å². The second kappa shape index (κ2) is 7.51. The number of aryl methyl sites for hydroxylation is 1. The van der Waals surface area contributed by atoms with E-state index in [-0.39, 0.29) is 5.91 Å². The number of amides is 3. The third-order valence-electron chi connectivity index (χ3n) is 4.59. The summed E-state index contributed by atoms with van der Waals surface area (Å²) < 4.78 is 0. The molecule has 0 radical (unpaired) electrons. The Hall–Kier alpha value is -3.68. The second-order valence-electron chi connectivity index (χ2n) is 6.78. The van der Waals surface area contributed by atoms with Crippen molar-refractivity contribution in [2.45, 2.75) is 25.4 Å². The summed E-state index contributed by atoms with van der Waals surface area (Å²) in [4.78, 5) is 40.4. The molecule has 5 N–H and O–H groups in total. The van der Waals surface area contributed by atoms with Crippen LogP contribution in [0.3, 0.4) is 0 Å². The minimum Gasteiger partial charge on any atom is -0.368 e. The molecular weight excluding hydrogens is 358 g/mol. The number of nitrogens with zero attached hydrogens (tertiary/aromatic N) is 1. The minimum absolute atomic E-state index is 0.218. The molecule has 2 unspecified atom stereocenters. The van der Waals surface area contributed by atoms with Gasteiger partial charge in [0.2, 0.25) is 5.91 Å². The Balaban J connectivity index is 1.64. The number of primary amides is 1. The van der Waals surface area contributed by atoms with Crippen LogP contribution in [0.1, 0.15) is 22.8 Å². The lowest BCUT2D eigenvalue weighted by atomic mass is 9.92. The van der Waals surface area contributed by atoms with Crippen LogP contribution >= 0.6 is 0 Å². The Kier molecular flexibility index (Phi) is 5.12. The summed E-state index contributed by atoms with van der Waals surface area (Å²) >= 11 is 0. The molecule has 0 aliphatic carbocycles. The van der Waals surface area contributed by atoms with Gasteiger partial charge in [0.05, 0.1) is 6.34 Å². The van der Waals surface area contributed by atoms with Crippen molar-refractivity contribution in [3.8, 4) is 0 Å². The maximum atomic E-state index is 12.5. The molecule has 1 aliphatic heterocycles. The molecule has 2 aromatic rings. The van der Waals surface area contributed by atoms with E-state index < -0.39 is 23.4 Å². The summed E-state index contributed by atoms with van der Waals surface area (Å²) in [5.74, 6) is -1.34. The summed E-state index contributed by atoms with van der Waals surface area (Å²) in [5, 5.41) is 8.23. The normalized spacial score (nSPS) is 20.3. The fourth-order valence-corrected chi connectivity index (χ4v) is 2.85. The molecule has 8 nitrogen and oxygen atoms in total. The van der Waals surface area contributed by atoms with Gasteiger partial charge in [-0.2, -0.15) is 0 Å². The van der Waals surface area contributed by atoms with Crippen molar-refractivity contribution in [3.05, 3.63) is 59.7 Å². The molecule has 2 atom stereocenters. The Morgan fingerprint density at radius 2 is 1.71 bits per heavy atom. The molecule has 1 heterocycles. The van der Waals surface area contributed by atoms with E-state index in [4.69, 9.17) is 5.73 Å². The van der Waals surface area contributed by atoms with Crippen LogP contribution in [0.4, 0.5) is 11.4 Å². The SMILES string of the molecule is Cc1cccc(C(=O)Nc2ccc(NC(=O)C3N=CNC3(C)C(N)=O)cc2)c1. The number of carbonyl (C=O) groups excluding carboxylic acids is 3. The first kappa shape index (κ1) is 19.1. The number of nitrogens with one attached hydrogen (secondary N) is 3. The molecule has 0 bridgehead atoms. The summed E-state index contributed by atoms with van der Waals surface area (Å²) in [6.45, 7) is 3.44. The van der Waals surface area contributed by atoms with E-state index >= 15 is 0 Å². The number of nitrogens with two attached hydrogens (primary N) is 1. The lowest BCUT2D eigenvalue weighted by Crippen LogP contribution is -2.59. The summed E-state index contributed by atoms with van der Waals surface area (Å²) in [6.07, 6.45) is 1.30. The van der Waals surface area contributed by atoms with E-state index in [1.165, 1.54) is 13.3 Å². The van der Waals surface area contributed by atoms with Gasteiger partial charge in [-0.15, -0.1) is 0 Å². The molecule has 144 valence electrons. The molecule has 3 amide bonds. The first-order valence-corrected chi connectivity index (χ1v) is 8.68. The van der Waals surface area contributed by atoms with Crippen LogP contribution in [0, 0.1) is 6.92 Å². The molecule has 0 saturated carbocycles. The highest BCUT2D eigenvalue weighted by Gasteiger charge is 2.46. The molecule has 8 heteroatoms. The third kappa shape index (κ3) is 3.85. The molecule has 0 aromatic heterocycles. The van der Waals surface area contributed by atoms with E-state index in [1.807, 2.05) is 19.1 Å². The van der Waals surface area contributed by atoms with Crippen LogP contribution in [0.15, 0.2) is 53.5 Å². The van der Waals surface area contributed by atoms with E-state index in [0.29, 0.717) is 16.9 Å². The highest BCUT2D eigenvalue weighted by Crippen LogP contribution is 2.20. The van der Waals surface area contributed by atoms with Gasteiger partial charge in [0.15, 0.2) is 6.04 Å². The Bertz CT molecular complexity index is 955. The fourth-order valence-electron chi connectivity index (χ4n) is 2.85. The monoisotopic (exact) mass is 379 g/mol. The van der Waals surface area contributed by atoms with E-state index in [0.717, 1.165) is 5.56 Å². The molecule has 0 saturated heterocycles. The standard InChI is InChI=1S/C20H21N5O3/c1-12-4-3-5-13(10-12)17(26)24-14-6-8-15(9-7-14)25-18(27)16-20(2,19(21)28)23-11-22-16/h3-11,16H,1-2H3,(H2,21,28)(H,22,23)(H,24,26)(H,25,27). The molecule has 1 aliphatic rings. The van der Waals surface area contributed by atoms with Gasteiger partial charge >= 0.3 is 0 Å². The predicted molar refractivity (Wildman–Crippen MR) is 107 cm³/mol. The van der Waals surface area contributed by atoms with Gasteiger partial charge in [0.1, 0.15) is 5.54 Å². The Morgan fingerprint density at radius 3 is 2.32 bits per heavy atom. The average Bonchev–Trinajstić information content (AvgIpc) is 3.06. The largest absolute Gasteiger partial charge is 0.368 e. The highest BCUT2D eigenvalue weighted by atomic mass is 16.2. The summed E-state index contributed by atoms with van der Waals surface area (Å²) in [5.41, 5.74) is 6.76. The average molecular weight is 379 g/mol. The van der Waals surface area contributed by atoms with Crippen LogP contribution in [-0.4, -0.2) is 35.6 Å². The second-order valence-corrected chi connectivity index (χ2v) is 6.78. The Labute approximate surface area is 162 Å². The first-order valence-electron chi connectivity index (χ1n) is 8.68. The summed E-state index contributed by atoms with van der Waals surface area (Å²) in [6, 6.07) is 13.0. The number of rotatable bonds is 5. The highest BCUT2D eigenvalue weighted by molar-refractivity contribution is 6.05. The minimum atomic E-state index is -1.27. The van der Waals surface area contributed by atoms with Crippen LogP contribution < -0.4 is 21.7 Å². The number of aliphatic imine (C=N–C) groups is 1. The van der Waals surface area contributed by atoms with Crippen LogP contribution in [0.5, 0.6) is 0 Å². The number of benzene rings is 2. The molecule has 3 rings (SSSR count). The van der Waals surface area contributed by atoms with Gasteiger partial charge < -0.3 is 21.7 Å². The van der Waals surface area contributed by atoms with Crippen molar-refractivity contribution < 1.29 is 14.4 Å². The molecule has 2 aromatic carbocycles. The molecule has 28 heavy (non-hydrogen) atoms. The number of anilines is 2. The van der Waals surface area contributed by atoms with Crippen molar-refractivity contribution in [1.29, 1.82) is 0 Å². The maximum absolute atomic E-state index is 12.5. The third-order valence-corrected chi connectivity index (χ3v) is 4.59. The van der Waals surface area contributed by atoms with Crippen molar-refractivity contribution in [2.24, 2.45) is 10.7 Å². The smallest absolute Gasteiger partial charge is 0.255 e. The van der Waals surface area contributed by atoms with Crippen LogP contribution in [0.2, 0.25) is 0 Å². The number of hydrogen-bond donors (Lipinski definition) is 4. The van der Waals surface area contributed by atoms with Gasteiger partial charge in [-0.25, -0.2) is 0 Å². The Morgan fingerprint density at radius 1 is 1.07 bits per heavy atom. The molecule has 0 fully saturated rings. The van der Waals surface area contributed by atoms with Crippen LogP contribution in [-0.2, 0) is 9.59 Å². The van der Waals surface area contributed by atoms with Crippen molar-refractivity contribution in [2.75, 3.05) is 10.6 Å². The molecule has 0 spiro atoms. The van der Waals surface area contributed by atoms with E-state index in [1.54, 1.807) is 36.4 Å². The zero-order valence-electron chi connectivity index (χ0n) is 15.5. The predicted octanol–water partition coefficient (Wildman–Crippen LogP) is 1.43.